The van der Waals surface area contributed by atoms with Crippen LogP contribution >= 0.6 is 0 Å². The molecule has 2 rings (SSSR count). The molecule has 2 fully saturated rings. The summed E-state index contributed by atoms with van der Waals surface area (Å²) in [5, 5.41) is 0. The summed E-state index contributed by atoms with van der Waals surface area (Å²) in [6.07, 6.45) is 3.59. The van der Waals surface area contributed by atoms with Gasteiger partial charge < -0.3 is 9.64 Å². The van der Waals surface area contributed by atoms with Gasteiger partial charge in [0.1, 0.15) is 6.10 Å². The maximum Gasteiger partial charge on any atom is 0.302 e. The fourth-order valence-electron chi connectivity index (χ4n) is 2.74. The Bertz CT molecular complexity index is 215. The minimum Gasteiger partial charge on any atom is -0.462 e. The van der Waals surface area contributed by atoms with Crippen LogP contribution in [-0.4, -0.2) is 36.6 Å². The maximum absolute atomic E-state index is 10.8. The molecule has 2 bridgehead atoms. The molecule has 1 heterocycles. The van der Waals surface area contributed by atoms with Crippen LogP contribution in [0.15, 0.2) is 0 Å². The molecule has 0 radical (unpaired) electrons. The van der Waals surface area contributed by atoms with Crippen LogP contribution in [0.5, 0.6) is 0 Å². The predicted molar refractivity (Wildman–Crippen MR) is 49.3 cm³/mol. The third-order valence-corrected chi connectivity index (χ3v) is 3.24. The highest BCUT2D eigenvalue weighted by atomic mass is 16.5. The van der Waals surface area contributed by atoms with Crippen molar-refractivity contribution >= 4 is 5.97 Å². The topological polar surface area (TPSA) is 29.5 Å². The maximum atomic E-state index is 10.8. The molecule has 2 unspecified atom stereocenters. The predicted octanol–water partition coefficient (Wildman–Crippen LogP) is 1.03. The Morgan fingerprint density at radius 3 is 2.77 bits per heavy atom. The summed E-state index contributed by atoms with van der Waals surface area (Å²) in [7, 11) is 2.17. The van der Waals surface area contributed by atoms with E-state index in [-0.39, 0.29) is 12.1 Å². The first-order valence-electron chi connectivity index (χ1n) is 5.02. The van der Waals surface area contributed by atoms with Crippen LogP contribution in [-0.2, 0) is 9.53 Å². The zero-order chi connectivity index (χ0) is 9.42. The summed E-state index contributed by atoms with van der Waals surface area (Å²) in [4.78, 5) is 13.2. The Balaban J connectivity index is 1.93. The molecule has 3 atom stereocenters. The molecule has 3 nitrogen and oxygen atoms in total. The Labute approximate surface area is 79.0 Å². The van der Waals surface area contributed by atoms with Gasteiger partial charge >= 0.3 is 5.97 Å². The molecule has 1 aliphatic carbocycles. The van der Waals surface area contributed by atoms with E-state index in [4.69, 9.17) is 4.74 Å². The van der Waals surface area contributed by atoms with Gasteiger partial charge in [-0.05, 0) is 32.2 Å². The van der Waals surface area contributed by atoms with Gasteiger partial charge in [-0.15, -0.1) is 0 Å². The van der Waals surface area contributed by atoms with E-state index in [2.05, 4.69) is 11.9 Å². The summed E-state index contributed by atoms with van der Waals surface area (Å²) < 4.78 is 5.25. The lowest BCUT2D eigenvalue weighted by Crippen LogP contribution is -2.31. The number of fused-ring (bicyclic) bond motifs is 2. The lowest BCUT2D eigenvalue weighted by molar-refractivity contribution is -0.148. The van der Waals surface area contributed by atoms with E-state index < -0.39 is 0 Å². The number of hydrogen-bond donors (Lipinski definition) is 0. The van der Waals surface area contributed by atoms with Gasteiger partial charge in [-0.3, -0.25) is 4.79 Å². The molecule has 1 saturated carbocycles. The zero-order valence-corrected chi connectivity index (χ0v) is 8.32. The van der Waals surface area contributed by atoms with Crippen LogP contribution < -0.4 is 0 Å². The van der Waals surface area contributed by atoms with Crippen LogP contribution in [0.25, 0.3) is 0 Å². The number of hydrogen-bond acceptors (Lipinski definition) is 3. The highest BCUT2D eigenvalue weighted by Crippen LogP contribution is 2.35. The summed E-state index contributed by atoms with van der Waals surface area (Å²) in [6.45, 7) is 2.68. The number of carbonyl (C=O) groups excluding carboxylic acids is 1. The normalized spacial score (nSPS) is 39.1. The second-order valence-corrected chi connectivity index (χ2v) is 4.40. The number of esters is 1. The second kappa shape index (κ2) is 3.29. The number of carbonyl (C=O) groups is 1. The molecule has 0 aromatic heterocycles. The molecule has 1 saturated heterocycles. The van der Waals surface area contributed by atoms with E-state index in [1.165, 1.54) is 19.9 Å². The van der Waals surface area contributed by atoms with Gasteiger partial charge in [-0.1, -0.05) is 0 Å². The monoisotopic (exact) mass is 183 g/mol. The molecular formula is C10H17NO2. The van der Waals surface area contributed by atoms with E-state index in [1.807, 2.05) is 0 Å². The van der Waals surface area contributed by atoms with Crippen molar-refractivity contribution in [3.05, 3.63) is 0 Å². The van der Waals surface area contributed by atoms with Gasteiger partial charge in [0, 0.05) is 19.5 Å². The highest BCUT2D eigenvalue weighted by Gasteiger charge is 2.38. The van der Waals surface area contributed by atoms with Crippen LogP contribution in [0.4, 0.5) is 0 Å². The number of rotatable bonds is 1. The first kappa shape index (κ1) is 9.00. The van der Waals surface area contributed by atoms with Crippen LogP contribution in [0.2, 0.25) is 0 Å². The Hall–Kier alpha value is -0.570. The van der Waals surface area contributed by atoms with E-state index in [0.29, 0.717) is 6.04 Å². The summed E-state index contributed by atoms with van der Waals surface area (Å²) in [5.41, 5.74) is 0. The number of nitrogens with zero attached hydrogens (tertiary/aromatic N) is 1. The minimum absolute atomic E-state index is 0.131. The lowest BCUT2D eigenvalue weighted by atomic mass is 9.88. The molecule has 13 heavy (non-hydrogen) atoms. The van der Waals surface area contributed by atoms with Crippen molar-refractivity contribution in [1.82, 2.24) is 4.90 Å². The van der Waals surface area contributed by atoms with Gasteiger partial charge in [-0.2, -0.15) is 0 Å². The van der Waals surface area contributed by atoms with Gasteiger partial charge in [0.25, 0.3) is 0 Å². The molecule has 0 N–H and O–H groups in total. The molecular weight excluding hydrogens is 166 g/mol. The Morgan fingerprint density at radius 2 is 2.15 bits per heavy atom. The standard InChI is InChI=1S/C10H17NO2/c1-7(12)13-10-4-8-3-9(5-10)11(2)6-8/h8-10H,3-6H2,1-2H3/t8?,9?,10-/m0/s1. The van der Waals surface area contributed by atoms with Gasteiger partial charge in [-0.25, -0.2) is 0 Å². The minimum atomic E-state index is -0.131. The van der Waals surface area contributed by atoms with Crippen molar-refractivity contribution in [2.75, 3.05) is 13.6 Å². The Morgan fingerprint density at radius 1 is 1.38 bits per heavy atom. The smallest absolute Gasteiger partial charge is 0.302 e. The van der Waals surface area contributed by atoms with Crippen molar-refractivity contribution < 1.29 is 9.53 Å². The zero-order valence-electron chi connectivity index (χ0n) is 8.32. The highest BCUT2D eigenvalue weighted by molar-refractivity contribution is 5.66. The average molecular weight is 183 g/mol. The number of likely N-dealkylation sites (tertiary alicyclic amines) is 1. The van der Waals surface area contributed by atoms with E-state index in [0.717, 1.165) is 18.8 Å². The van der Waals surface area contributed by atoms with Gasteiger partial charge in [0.15, 0.2) is 0 Å². The van der Waals surface area contributed by atoms with Crippen LogP contribution in [0.1, 0.15) is 26.2 Å². The van der Waals surface area contributed by atoms with E-state index in [1.54, 1.807) is 0 Å². The molecule has 0 amide bonds. The summed E-state index contributed by atoms with van der Waals surface area (Å²) in [6, 6.07) is 0.656. The van der Waals surface area contributed by atoms with Gasteiger partial charge in [0.05, 0.1) is 0 Å². The van der Waals surface area contributed by atoms with Gasteiger partial charge in [0.2, 0.25) is 0 Å². The average Bonchev–Trinajstić information content (AvgIpc) is 2.25. The largest absolute Gasteiger partial charge is 0.462 e. The van der Waals surface area contributed by atoms with Crippen LogP contribution in [0.3, 0.4) is 0 Å². The molecule has 0 aromatic rings. The second-order valence-electron chi connectivity index (χ2n) is 4.40. The summed E-state index contributed by atoms with van der Waals surface area (Å²) >= 11 is 0. The Kier molecular flexibility index (Phi) is 2.28. The van der Waals surface area contributed by atoms with E-state index in [9.17, 15) is 4.79 Å². The fraction of sp³-hybridized carbons (Fsp3) is 0.900. The van der Waals surface area contributed by atoms with Crippen molar-refractivity contribution in [1.29, 1.82) is 0 Å². The van der Waals surface area contributed by atoms with Crippen molar-refractivity contribution in [2.24, 2.45) is 5.92 Å². The third kappa shape index (κ3) is 1.85. The summed E-state index contributed by atoms with van der Waals surface area (Å²) in [5.74, 6) is 0.627. The number of ether oxygens (including phenoxy) is 1. The SMILES string of the molecule is CC(=O)O[C@H]1CC2CC(C1)N(C)C2. The third-order valence-electron chi connectivity index (χ3n) is 3.24. The van der Waals surface area contributed by atoms with Crippen molar-refractivity contribution in [3.8, 4) is 0 Å². The fourth-order valence-corrected chi connectivity index (χ4v) is 2.74. The lowest BCUT2D eigenvalue weighted by Gasteiger charge is -2.27. The molecule has 0 aromatic carbocycles. The first-order chi connectivity index (χ1) is 6.15. The molecule has 74 valence electrons. The van der Waals surface area contributed by atoms with E-state index >= 15 is 0 Å². The molecule has 1 aliphatic heterocycles. The quantitative estimate of drug-likeness (QED) is 0.569. The van der Waals surface area contributed by atoms with Crippen LogP contribution in [0, 0.1) is 5.92 Å². The first-order valence-corrected chi connectivity index (χ1v) is 5.02. The van der Waals surface area contributed by atoms with Crippen molar-refractivity contribution in [2.45, 2.75) is 38.3 Å². The molecule has 0 spiro atoms. The van der Waals surface area contributed by atoms with Crippen molar-refractivity contribution in [3.63, 3.8) is 0 Å². The molecule has 2 aliphatic rings. The molecule has 3 heteroatoms.